The second kappa shape index (κ2) is 5.16. The van der Waals surface area contributed by atoms with Crippen molar-refractivity contribution in [1.82, 2.24) is 4.72 Å². The van der Waals surface area contributed by atoms with E-state index in [1.165, 1.54) is 7.11 Å². The van der Waals surface area contributed by atoms with Crippen LogP contribution in [0.2, 0.25) is 0 Å². The first-order valence-electron chi connectivity index (χ1n) is 5.88. The van der Waals surface area contributed by atoms with Crippen LogP contribution in [0.25, 0.3) is 0 Å². The normalized spacial score (nSPS) is 19.0. The standard InChI is InChI=1S/C11H18N2O3S2/c1-16-9-4-7-17-10(9)18(14,15)13-11(8-12)5-2-3-6-11/h4,7,13H,2-3,5-6,8,12H2,1H3. The number of hydrogen-bond donors (Lipinski definition) is 2. The fourth-order valence-corrected chi connectivity index (χ4v) is 5.11. The molecule has 2 rings (SSSR count). The summed E-state index contributed by atoms with van der Waals surface area (Å²) in [7, 11) is -2.08. The lowest BCUT2D eigenvalue weighted by atomic mass is 10.0. The van der Waals surface area contributed by atoms with Gasteiger partial charge < -0.3 is 10.5 Å². The number of hydrogen-bond acceptors (Lipinski definition) is 5. The third kappa shape index (κ3) is 2.54. The highest BCUT2D eigenvalue weighted by atomic mass is 32.2. The molecule has 1 aliphatic rings. The summed E-state index contributed by atoms with van der Waals surface area (Å²) in [6.07, 6.45) is 3.63. The minimum Gasteiger partial charge on any atom is -0.494 e. The Labute approximate surface area is 111 Å². The van der Waals surface area contributed by atoms with Gasteiger partial charge in [-0.2, -0.15) is 0 Å². The first-order valence-corrected chi connectivity index (χ1v) is 8.25. The van der Waals surface area contributed by atoms with Crippen molar-refractivity contribution in [2.24, 2.45) is 5.73 Å². The van der Waals surface area contributed by atoms with Crippen LogP contribution >= 0.6 is 11.3 Å². The van der Waals surface area contributed by atoms with Gasteiger partial charge in [0.25, 0.3) is 10.0 Å². The van der Waals surface area contributed by atoms with Crippen molar-refractivity contribution < 1.29 is 13.2 Å². The van der Waals surface area contributed by atoms with Gasteiger partial charge in [-0.15, -0.1) is 11.3 Å². The summed E-state index contributed by atoms with van der Waals surface area (Å²) in [6.45, 7) is 0.333. The van der Waals surface area contributed by atoms with Crippen LogP contribution < -0.4 is 15.2 Å². The lowest BCUT2D eigenvalue weighted by Crippen LogP contribution is -2.51. The third-order valence-corrected chi connectivity index (χ3v) is 6.39. The summed E-state index contributed by atoms with van der Waals surface area (Å²) >= 11 is 1.16. The molecule has 0 radical (unpaired) electrons. The van der Waals surface area contributed by atoms with E-state index >= 15 is 0 Å². The van der Waals surface area contributed by atoms with Gasteiger partial charge in [0, 0.05) is 12.1 Å². The molecule has 0 amide bonds. The highest BCUT2D eigenvalue weighted by molar-refractivity contribution is 7.91. The molecule has 0 aliphatic heterocycles. The van der Waals surface area contributed by atoms with E-state index in [1.807, 2.05) is 0 Å². The highest BCUT2D eigenvalue weighted by Gasteiger charge is 2.38. The zero-order valence-electron chi connectivity index (χ0n) is 10.3. The van der Waals surface area contributed by atoms with Crippen molar-refractivity contribution in [3.05, 3.63) is 11.4 Å². The molecule has 0 saturated heterocycles. The van der Waals surface area contributed by atoms with Gasteiger partial charge in [-0.25, -0.2) is 13.1 Å². The molecular weight excluding hydrogens is 272 g/mol. The lowest BCUT2D eigenvalue weighted by molar-refractivity contribution is 0.392. The van der Waals surface area contributed by atoms with E-state index < -0.39 is 15.6 Å². The first-order chi connectivity index (χ1) is 8.53. The summed E-state index contributed by atoms with van der Waals surface area (Å²) in [6, 6.07) is 1.66. The Hall–Kier alpha value is -0.630. The minimum absolute atomic E-state index is 0.227. The molecule has 0 bridgehead atoms. The van der Waals surface area contributed by atoms with Crippen molar-refractivity contribution in [2.75, 3.05) is 13.7 Å². The summed E-state index contributed by atoms with van der Waals surface area (Å²) in [5.41, 5.74) is 5.27. The minimum atomic E-state index is -3.55. The molecule has 1 saturated carbocycles. The van der Waals surface area contributed by atoms with E-state index in [0.29, 0.717) is 12.3 Å². The zero-order chi connectivity index (χ0) is 13.2. The van der Waals surface area contributed by atoms with Crippen LogP contribution in [-0.2, 0) is 10.0 Å². The topological polar surface area (TPSA) is 81.4 Å². The fraction of sp³-hybridized carbons (Fsp3) is 0.636. The van der Waals surface area contributed by atoms with Gasteiger partial charge in [0.15, 0.2) is 4.21 Å². The molecule has 0 unspecified atom stereocenters. The average Bonchev–Trinajstić information content (AvgIpc) is 2.97. The van der Waals surface area contributed by atoms with Gasteiger partial charge in [-0.3, -0.25) is 0 Å². The quantitative estimate of drug-likeness (QED) is 0.856. The van der Waals surface area contributed by atoms with E-state index in [1.54, 1.807) is 11.4 Å². The Kier molecular flexibility index (Phi) is 3.96. The molecule has 7 heteroatoms. The number of nitrogens with two attached hydrogens (primary N) is 1. The molecule has 18 heavy (non-hydrogen) atoms. The maximum Gasteiger partial charge on any atom is 0.254 e. The third-order valence-electron chi connectivity index (χ3n) is 3.36. The van der Waals surface area contributed by atoms with E-state index in [4.69, 9.17) is 10.5 Å². The van der Waals surface area contributed by atoms with Crippen LogP contribution in [0.1, 0.15) is 25.7 Å². The van der Waals surface area contributed by atoms with Crippen LogP contribution in [0.3, 0.4) is 0 Å². The second-order valence-electron chi connectivity index (χ2n) is 4.57. The Bertz CT molecular complexity index is 504. The number of nitrogens with one attached hydrogen (secondary N) is 1. The molecule has 102 valence electrons. The van der Waals surface area contributed by atoms with Crippen LogP contribution in [0.4, 0.5) is 0 Å². The molecule has 1 heterocycles. The molecule has 0 spiro atoms. The Balaban J connectivity index is 2.27. The SMILES string of the molecule is COc1ccsc1S(=O)(=O)NC1(CN)CCCC1. The van der Waals surface area contributed by atoms with E-state index in [9.17, 15) is 8.42 Å². The zero-order valence-corrected chi connectivity index (χ0v) is 11.9. The van der Waals surface area contributed by atoms with Crippen molar-refractivity contribution in [3.63, 3.8) is 0 Å². The van der Waals surface area contributed by atoms with E-state index in [2.05, 4.69) is 4.72 Å². The maximum atomic E-state index is 12.4. The fourth-order valence-electron chi connectivity index (χ4n) is 2.36. The molecule has 1 fully saturated rings. The van der Waals surface area contributed by atoms with Crippen molar-refractivity contribution in [1.29, 1.82) is 0 Å². The van der Waals surface area contributed by atoms with Gasteiger partial charge in [0.1, 0.15) is 5.75 Å². The molecule has 3 N–H and O–H groups in total. The van der Waals surface area contributed by atoms with Crippen molar-refractivity contribution in [2.45, 2.75) is 35.4 Å². The maximum absolute atomic E-state index is 12.4. The van der Waals surface area contributed by atoms with Crippen LogP contribution in [0.15, 0.2) is 15.7 Å². The molecular formula is C11H18N2O3S2. The number of ether oxygens (including phenoxy) is 1. The van der Waals surface area contributed by atoms with Crippen molar-refractivity contribution >= 4 is 21.4 Å². The monoisotopic (exact) mass is 290 g/mol. The predicted molar refractivity (Wildman–Crippen MR) is 71.4 cm³/mol. The summed E-state index contributed by atoms with van der Waals surface area (Å²) < 4.78 is 32.8. The average molecular weight is 290 g/mol. The summed E-state index contributed by atoms with van der Waals surface area (Å²) in [4.78, 5) is 0. The van der Waals surface area contributed by atoms with Gasteiger partial charge in [-0.1, -0.05) is 12.8 Å². The summed E-state index contributed by atoms with van der Waals surface area (Å²) in [5, 5.41) is 1.71. The van der Waals surface area contributed by atoms with E-state index in [-0.39, 0.29) is 4.21 Å². The van der Waals surface area contributed by atoms with Crippen LogP contribution in [0.5, 0.6) is 5.75 Å². The second-order valence-corrected chi connectivity index (χ2v) is 7.37. The largest absolute Gasteiger partial charge is 0.494 e. The number of methoxy groups -OCH3 is 1. The first kappa shape index (κ1) is 13.8. The van der Waals surface area contributed by atoms with Crippen molar-refractivity contribution in [3.8, 4) is 5.75 Å². The number of thiophene rings is 1. The Morgan fingerprint density at radius 3 is 2.72 bits per heavy atom. The van der Waals surface area contributed by atoms with Crippen LogP contribution in [0, 0.1) is 0 Å². The molecule has 1 aromatic rings. The van der Waals surface area contributed by atoms with E-state index in [0.717, 1.165) is 37.0 Å². The smallest absolute Gasteiger partial charge is 0.254 e. The molecule has 1 aromatic heterocycles. The predicted octanol–water partition coefficient (Wildman–Crippen LogP) is 1.31. The van der Waals surface area contributed by atoms with Gasteiger partial charge in [-0.05, 0) is 24.3 Å². The Morgan fingerprint density at radius 1 is 1.50 bits per heavy atom. The molecule has 5 nitrogen and oxygen atoms in total. The highest BCUT2D eigenvalue weighted by Crippen LogP contribution is 2.34. The molecule has 1 aliphatic carbocycles. The molecule has 0 aromatic carbocycles. The molecule has 0 atom stereocenters. The lowest BCUT2D eigenvalue weighted by Gasteiger charge is -2.28. The summed E-state index contributed by atoms with van der Waals surface area (Å²) in [5.74, 6) is 0.387. The number of sulfonamides is 1. The van der Waals surface area contributed by atoms with Gasteiger partial charge >= 0.3 is 0 Å². The van der Waals surface area contributed by atoms with Gasteiger partial charge in [0.2, 0.25) is 0 Å². The number of rotatable bonds is 5. The van der Waals surface area contributed by atoms with Gasteiger partial charge in [0.05, 0.1) is 7.11 Å². The van der Waals surface area contributed by atoms with Crippen LogP contribution in [-0.4, -0.2) is 27.6 Å². The Morgan fingerprint density at radius 2 is 2.17 bits per heavy atom.